The van der Waals surface area contributed by atoms with Crippen LogP contribution in [0.5, 0.6) is 0 Å². The number of hydrogen-bond donors (Lipinski definition) is 1. The van der Waals surface area contributed by atoms with Crippen LogP contribution in [0.25, 0.3) is 0 Å². The van der Waals surface area contributed by atoms with E-state index < -0.39 is 29.2 Å². The smallest absolute Gasteiger partial charge is 0.408 e. The Morgan fingerprint density at radius 1 is 1.12 bits per heavy atom. The molecule has 130 valence electrons. The van der Waals surface area contributed by atoms with E-state index >= 15 is 0 Å². The summed E-state index contributed by atoms with van der Waals surface area (Å²) in [6, 6.07) is 4.13. The summed E-state index contributed by atoms with van der Waals surface area (Å²) < 4.78 is 9.95. The molecule has 0 atom stereocenters. The van der Waals surface area contributed by atoms with Crippen LogP contribution in [0.3, 0.4) is 0 Å². The molecular formula is C16H17Cl2NO5. The Morgan fingerprint density at radius 2 is 1.75 bits per heavy atom. The van der Waals surface area contributed by atoms with Crippen LogP contribution in [0.2, 0.25) is 10.0 Å². The highest BCUT2D eigenvalue weighted by atomic mass is 35.5. The number of amides is 1. The van der Waals surface area contributed by atoms with E-state index in [1.54, 1.807) is 20.8 Å². The summed E-state index contributed by atoms with van der Waals surface area (Å²) in [6.45, 7) is 5.12. The maximum atomic E-state index is 12.2. The van der Waals surface area contributed by atoms with Gasteiger partial charge >= 0.3 is 18.0 Å². The van der Waals surface area contributed by atoms with Crippen molar-refractivity contribution in [1.29, 1.82) is 0 Å². The Morgan fingerprint density at radius 3 is 2.25 bits per heavy atom. The zero-order valence-electron chi connectivity index (χ0n) is 13.4. The van der Waals surface area contributed by atoms with E-state index in [1.165, 1.54) is 18.2 Å². The summed E-state index contributed by atoms with van der Waals surface area (Å²) in [7, 11) is 0. The summed E-state index contributed by atoms with van der Waals surface area (Å²) in [6.07, 6.45) is 0.0124. The molecule has 24 heavy (non-hydrogen) atoms. The van der Waals surface area contributed by atoms with Crippen LogP contribution >= 0.6 is 23.2 Å². The molecule has 0 unspecified atom stereocenters. The number of carbonyl (C=O) groups excluding carboxylic acids is 3. The second kappa shape index (κ2) is 6.61. The van der Waals surface area contributed by atoms with Gasteiger partial charge in [0.1, 0.15) is 11.1 Å². The highest BCUT2D eigenvalue weighted by molar-refractivity contribution is 6.42. The summed E-state index contributed by atoms with van der Waals surface area (Å²) in [4.78, 5) is 36.0. The first kappa shape index (κ1) is 18.5. The predicted molar refractivity (Wildman–Crippen MR) is 88.2 cm³/mol. The lowest BCUT2D eigenvalue weighted by Gasteiger charge is -2.22. The zero-order valence-corrected chi connectivity index (χ0v) is 15.0. The van der Waals surface area contributed by atoms with Crippen molar-refractivity contribution in [3.05, 3.63) is 33.8 Å². The zero-order chi connectivity index (χ0) is 18.1. The van der Waals surface area contributed by atoms with Gasteiger partial charge < -0.3 is 14.8 Å². The Bertz CT molecular complexity index is 692. The van der Waals surface area contributed by atoms with Crippen molar-refractivity contribution >= 4 is 41.2 Å². The lowest BCUT2D eigenvalue weighted by Crippen LogP contribution is -2.46. The first-order chi connectivity index (χ1) is 11.0. The first-order valence-corrected chi connectivity index (χ1v) is 8.01. The maximum absolute atomic E-state index is 12.2. The third-order valence-corrected chi connectivity index (χ3v) is 3.96. The fourth-order valence-electron chi connectivity index (χ4n) is 1.87. The van der Waals surface area contributed by atoms with Gasteiger partial charge in [-0.25, -0.2) is 14.4 Å². The average Bonchev–Trinajstić information content (AvgIpc) is 3.20. The number of rotatable bonds is 3. The van der Waals surface area contributed by atoms with Gasteiger partial charge in [-0.3, -0.25) is 0 Å². The largest absolute Gasteiger partial charge is 0.444 e. The monoisotopic (exact) mass is 373 g/mol. The Kier molecular flexibility index (Phi) is 5.11. The first-order valence-electron chi connectivity index (χ1n) is 7.25. The number of nitrogens with one attached hydrogen (secondary N) is 1. The number of ether oxygens (including phenoxy) is 2. The van der Waals surface area contributed by atoms with Crippen molar-refractivity contribution in [1.82, 2.24) is 5.32 Å². The van der Waals surface area contributed by atoms with Gasteiger partial charge in [0.15, 0.2) is 0 Å². The minimum Gasteiger partial charge on any atom is -0.444 e. The second-order valence-corrected chi connectivity index (χ2v) is 7.33. The van der Waals surface area contributed by atoms with E-state index in [0.29, 0.717) is 12.8 Å². The minimum absolute atomic E-state index is 0.0887. The number of esters is 2. The van der Waals surface area contributed by atoms with Gasteiger partial charge in [-0.1, -0.05) is 23.2 Å². The molecule has 0 aliphatic heterocycles. The highest BCUT2D eigenvalue weighted by Crippen LogP contribution is 2.37. The van der Waals surface area contributed by atoms with Gasteiger partial charge in [-0.05, 0) is 51.8 Å². The van der Waals surface area contributed by atoms with Crippen LogP contribution in [0.4, 0.5) is 4.79 Å². The van der Waals surface area contributed by atoms with Crippen molar-refractivity contribution in [2.75, 3.05) is 0 Å². The van der Waals surface area contributed by atoms with Crippen LogP contribution in [0.1, 0.15) is 44.0 Å². The van der Waals surface area contributed by atoms with Crippen LogP contribution < -0.4 is 5.32 Å². The standard InChI is InChI=1S/C16H17Cl2NO5/c1-15(2,3)24-14(22)19-16(6-7-16)13(21)23-12(20)9-4-5-10(17)11(18)8-9/h4-5,8H,6-7H2,1-3H3,(H,19,22). The molecule has 0 spiro atoms. The van der Waals surface area contributed by atoms with Crippen LogP contribution in [-0.4, -0.2) is 29.2 Å². The molecule has 1 fully saturated rings. The average molecular weight is 374 g/mol. The summed E-state index contributed by atoms with van der Waals surface area (Å²) in [5, 5.41) is 2.92. The topological polar surface area (TPSA) is 81.7 Å². The number of benzene rings is 1. The molecule has 0 aromatic heterocycles. The van der Waals surface area contributed by atoms with E-state index in [1.807, 2.05) is 0 Å². The lowest BCUT2D eigenvalue weighted by atomic mass is 10.2. The normalized spacial score (nSPS) is 15.4. The molecule has 2 rings (SSSR count). The van der Waals surface area contributed by atoms with E-state index in [4.69, 9.17) is 32.7 Å². The van der Waals surface area contributed by atoms with Gasteiger partial charge in [0.05, 0.1) is 15.6 Å². The SMILES string of the molecule is CC(C)(C)OC(=O)NC1(C(=O)OC(=O)c2ccc(Cl)c(Cl)c2)CC1. The number of halogens is 2. The lowest BCUT2D eigenvalue weighted by molar-refractivity contribution is -0.141. The highest BCUT2D eigenvalue weighted by Gasteiger charge is 2.54. The van der Waals surface area contributed by atoms with Crippen LogP contribution in [-0.2, 0) is 14.3 Å². The molecule has 0 bridgehead atoms. The second-order valence-electron chi connectivity index (χ2n) is 6.51. The molecule has 1 aliphatic carbocycles. The minimum atomic E-state index is -1.21. The number of alkyl carbamates (subject to hydrolysis) is 1. The van der Waals surface area contributed by atoms with Crippen molar-refractivity contribution in [2.24, 2.45) is 0 Å². The molecule has 6 nitrogen and oxygen atoms in total. The van der Waals surface area contributed by atoms with Crippen molar-refractivity contribution in [3.63, 3.8) is 0 Å². The van der Waals surface area contributed by atoms with Crippen molar-refractivity contribution in [2.45, 2.75) is 44.8 Å². The molecular weight excluding hydrogens is 357 g/mol. The molecule has 8 heteroatoms. The van der Waals surface area contributed by atoms with Gasteiger partial charge in [0, 0.05) is 0 Å². The third kappa shape index (κ3) is 4.61. The summed E-state index contributed by atoms with van der Waals surface area (Å²) >= 11 is 11.6. The van der Waals surface area contributed by atoms with Crippen LogP contribution in [0.15, 0.2) is 18.2 Å². The maximum Gasteiger partial charge on any atom is 0.408 e. The van der Waals surface area contributed by atoms with Crippen molar-refractivity contribution < 1.29 is 23.9 Å². The Hall–Kier alpha value is -1.79. The van der Waals surface area contributed by atoms with E-state index in [0.717, 1.165) is 0 Å². The van der Waals surface area contributed by atoms with Gasteiger partial charge in [0.25, 0.3) is 0 Å². The molecule has 0 radical (unpaired) electrons. The van der Waals surface area contributed by atoms with E-state index in [9.17, 15) is 14.4 Å². The molecule has 1 aromatic rings. The van der Waals surface area contributed by atoms with Gasteiger partial charge in [0.2, 0.25) is 0 Å². The number of carbonyl (C=O) groups is 3. The van der Waals surface area contributed by atoms with Gasteiger partial charge in [-0.15, -0.1) is 0 Å². The fraction of sp³-hybridized carbons (Fsp3) is 0.438. The van der Waals surface area contributed by atoms with E-state index in [2.05, 4.69) is 5.32 Å². The molecule has 1 N–H and O–H groups in total. The quantitative estimate of drug-likeness (QED) is 0.644. The molecule has 0 saturated heterocycles. The molecule has 0 heterocycles. The molecule has 1 amide bonds. The summed E-state index contributed by atoms with van der Waals surface area (Å²) in [5.74, 6) is -1.69. The van der Waals surface area contributed by atoms with Crippen molar-refractivity contribution in [3.8, 4) is 0 Å². The summed E-state index contributed by atoms with van der Waals surface area (Å²) in [5.41, 5.74) is -1.82. The Balaban J connectivity index is 1.99. The number of hydrogen-bond acceptors (Lipinski definition) is 5. The van der Waals surface area contributed by atoms with Crippen LogP contribution in [0, 0.1) is 0 Å². The Labute approximate surface area is 149 Å². The molecule has 1 saturated carbocycles. The van der Waals surface area contributed by atoms with E-state index in [-0.39, 0.29) is 15.6 Å². The predicted octanol–water partition coefficient (Wildman–Crippen LogP) is 3.73. The molecule has 1 aromatic carbocycles. The third-order valence-electron chi connectivity index (χ3n) is 3.22. The molecule has 1 aliphatic rings. The van der Waals surface area contributed by atoms with Gasteiger partial charge in [-0.2, -0.15) is 0 Å². The fourth-order valence-corrected chi connectivity index (χ4v) is 2.17.